The molecular weight excluding hydrogens is 222 g/mol. The van der Waals surface area contributed by atoms with Crippen molar-refractivity contribution in [2.24, 2.45) is 17.6 Å². The summed E-state index contributed by atoms with van der Waals surface area (Å²) in [4.78, 5) is 5.29. The third-order valence-corrected chi connectivity index (χ3v) is 5.75. The van der Waals surface area contributed by atoms with Gasteiger partial charge in [-0.3, -0.25) is 9.80 Å². The summed E-state index contributed by atoms with van der Waals surface area (Å²) in [6.45, 7) is 8.63. The van der Waals surface area contributed by atoms with Gasteiger partial charge < -0.3 is 5.73 Å². The lowest BCUT2D eigenvalue weighted by Crippen LogP contribution is -2.67. The summed E-state index contributed by atoms with van der Waals surface area (Å²) in [5.74, 6) is 1.68. The molecule has 4 unspecified atom stereocenters. The maximum atomic E-state index is 6.71. The Bertz CT molecular complexity index is 266. The van der Waals surface area contributed by atoms with Crippen LogP contribution in [0.15, 0.2) is 0 Å². The summed E-state index contributed by atoms with van der Waals surface area (Å²) >= 11 is 0. The van der Waals surface area contributed by atoms with Crippen molar-refractivity contribution in [3.05, 3.63) is 0 Å². The molecule has 3 saturated heterocycles. The SMILES string of the molecule is CCC1CCCCC1C(N)C1CN2CCN1CC2. The minimum atomic E-state index is 0.415. The van der Waals surface area contributed by atoms with Gasteiger partial charge in [-0.1, -0.05) is 32.6 Å². The molecule has 3 nitrogen and oxygen atoms in total. The first kappa shape index (κ1) is 12.9. The van der Waals surface area contributed by atoms with Gasteiger partial charge in [0.25, 0.3) is 0 Å². The molecule has 3 heteroatoms. The summed E-state index contributed by atoms with van der Waals surface area (Å²) in [5, 5.41) is 0. The lowest BCUT2D eigenvalue weighted by molar-refractivity contribution is -0.0153. The number of nitrogens with zero attached hydrogens (tertiary/aromatic N) is 2. The molecule has 104 valence electrons. The van der Waals surface area contributed by atoms with Gasteiger partial charge in [0.1, 0.15) is 0 Å². The van der Waals surface area contributed by atoms with Gasteiger partial charge in [0, 0.05) is 44.8 Å². The topological polar surface area (TPSA) is 32.5 Å². The Morgan fingerprint density at radius 3 is 2.44 bits per heavy atom. The van der Waals surface area contributed by atoms with Crippen molar-refractivity contribution in [3.63, 3.8) is 0 Å². The zero-order valence-corrected chi connectivity index (χ0v) is 11.9. The van der Waals surface area contributed by atoms with Gasteiger partial charge >= 0.3 is 0 Å². The second kappa shape index (κ2) is 5.48. The fraction of sp³-hybridized carbons (Fsp3) is 1.00. The van der Waals surface area contributed by atoms with Crippen LogP contribution in [0.2, 0.25) is 0 Å². The molecule has 1 saturated carbocycles. The molecule has 0 amide bonds. The van der Waals surface area contributed by atoms with Gasteiger partial charge in [-0.15, -0.1) is 0 Å². The second-order valence-electron chi connectivity index (χ2n) is 6.60. The van der Waals surface area contributed by atoms with Crippen LogP contribution in [-0.2, 0) is 0 Å². The fourth-order valence-corrected chi connectivity index (χ4v) is 4.56. The van der Waals surface area contributed by atoms with Crippen LogP contribution in [0, 0.1) is 11.8 Å². The van der Waals surface area contributed by atoms with Gasteiger partial charge in [0.05, 0.1) is 0 Å². The van der Waals surface area contributed by atoms with Crippen LogP contribution in [0.1, 0.15) is 39.0 Å². The van der Waals surface area contributed by atoms with Crippen molar-refractivity contribution in [1.82, 2.24) is 9.80 Å². The third-order valence-electron chi connectivity index (χ3n) is 5.75. The standard InChI is InChI=1S/C15H29N3/c1-2-12-5-3-4-6-13(12)15(16)14-11-17-7-9-18(14)10-8-17/h12-15H,2-11,16H2,1H3. The first-order valence-electron chi connectivity index (χ1n) is 8.01. The van der Waals surface area contributed by atoms with E-state index in [1.165, 1.54) is 64.8 Å². The van der Waals surface area contributed by atoms with E-state index in [9.17, 15) is 0 Å². The highest BCUT2D eigenvalue weighted by molar-refractivity contribution is 4.97. The predicted molar refractivity (Wildman–Crippen MR) is 75.5 cm³/mol. The molecule has 2 bridgehead atoms. The molecule has 0 spiro atoms. The highest BCUT2D eigenvalue weighted by Gasteiger charge is 2.40. The van der Waals surface area contributed by atoms with E-state index >= 15 is 0 Å². The number of piperazine rings is 3. The average Bonchev–Trinajstić information content (AvgIpc) is 2.47. The van der Waals surface area contributed by atoms with Crippen molar-refractivity contribution in [2.75, 3.05) is 32.7 Å². The summed E-state index contributed by atoms with van der Waals surface area (Å²) in [6, 6.07) is 1.06. The smallest absolute Gasteiger partial charge is 0.0378 e. The number of hydrogen-bond acceptors (Lipinski definition) is 3. The number of rotatable bonds is 3. The molecule has 2 N–H and O–H groups in total. The van der Waals surface area contributed by atoms with Crippen LogP contribution >= 0.6 is 0 Å². The van der Waals surface area contributed by atoms with Crippen molar-refractivity contribution >= 4 is 0 Å². The largest absolute Gasteiger partial charge is 0.326 e. The van der Waals surface area contributed by atoms with E-state index < -0.39 is 0 Å². The minimum Gasteiger partial charge on any atom is -0.326 e. The highest BCUT2D eigenvalue weighted by Crippen LogP contribution is 2.36. The number of fused-ring (bicyclic) bond motifs is 3. The Balaban J connectivity index is 1.67. The van der Waals surface area contributed by atoms with Crippen molar-refractivity contribution in [3.8, 4) is 0 Å². The first-order valence-corrected chi connectivity index (χ1v) is 8.01. The monoisotopic (exact) mass is 251 g/mol. The highest BCUT2D eigenvalue weighted by atomic mass is 15.3. The third kappa shape index (κ3) is 2.33. The van der Waals surface area contributed by atoms with Gasteiger partial charge in [0.2, 0.25) is 0 Å². The fourth-order valence-electron chi connectivity index (χ4n) is 4.56. The lowest BCUT2D eigenvalue weighted by atomic mass is 9.72. The lowest BCUT2D eigenvalue weighted by Gasteiger charge is -2.52. The first-order chi connectivity index (χ1) is 8.79. The van der Waals surface area contributed by atoms with Crippen LogP contribution < -0.4 is 5.73 Å². The van der Waals surface area contributed by atoms with E-state index in [2.05, 4.69) is 16.7 Å². The molecule has 0 aromatic heterocycles. The number of hydrogen-bond donors (Lipinski definition) is 1. The maximum absolute atomic E-state index is 6.71. The van der Waals surface area contributed by atoms with Gasteiger partial charge in [-0.2, -0.15) is 0 Å². The molecular formula is C15H29N3. The molecule has 0 radical (unpaired) electrons. The summed E-state index contributed by atoms with van der Waals surface area (Å²) in [7, 11) is 0. The maximum Gasteiger partial charge on any atom is 0.0378 e. The zero-order chi connectivity index (χ0) is 12.5. The summed E-state index contributed by atoms with van der Waals surface area (Å²) < 4.78 is 0. The van der Waals surface area contributed by atoms with Crippen molar-refractivity contribution < 1.29 is 0 Å². The van der Waals surface area contributed by atoms with Gasteiger partial charge in [-0.05, 0) is 18.3 Å². The second-order valence-corrected chi connectivity index (χ2v) is 6.60. The predicted octanol–water partition coefficient (Wildman–Crippen LogP) is 1.53. The minimum absolute atomic E-state index is 0.415. The van der Waals surface area contributed by atoms with E-state index in [-0.39, 0.29) is 0 Å². The van der Waals surface area contributed by atoms with E-state index in [1.54, 1.807) is 0 Å². The Morgan fingerprint density at radius 1 is 1.11 bits per heavy atom. The van der Waals surface area contributed by atoms with E-state index in [4.69, 9.17) is 5.73 Å². The van der Waals surface area contributed by atoms with E-state index in [0.717, 1.165) is 11.8 Å². The van der Waals surface area contributed by atoms with Crippen LogP contribution in [0.5, 0.6) is 0 Å². The average molecular weight is 251 g/mol. The van der Waals surface area contributed by atoms with Gasteiger partial charge in [0.15, 0.2) is 0 Å². The van der Waals surface area contributed by atoms with E-state index in [0.29, 0.717) is 12.1 Å². The Morgan fingerprint density at radius 2 is 1.83 bits per heavy atom. The quantitative estimate of drug-likeness (QED) is 0.825. The normalized spacial score (nSPS) is 46.0. The number of nitrogens with two attached hydrogens (primary N) is 1. The molecule has 0 aromatic rings. The summed E-state index contributed by atoms with van der Waals surface area (Å²) in [6.07, 6.45) is 6.97. The zero-order valence-electron chi connectivity index (χ0n) is 11.9. The Kier molecular flexibility index (Phi) is 3.92. The van der Waals surface area contributed by atoms with Crippen LogP contribution in [0.4, 0.5) is 0 Å². The van der Waals surface area contributed by atoms with Gasteiger partial charge in [-0.25, -0.2) is 0 Å². The van der Waals surface area contributed by atoms with Crippen LogP contribution in [0.3, 0.4) is 0 Å². The van der Waals surface area contributed by atoms with Crippen LogP contribution in [-0.4, -0.2) is 54.6 Å². The van der Waals surface area contributed by atoms with Crippen molar-refractivity contribution in [2.45, 2.75) is 51.1 Å². The van der Waals surface area contributed by atoms with Crippen LogP contribution in [0.25, 0.3) is 0 Å². The molecule has 4 rings (SSSR count). The molecule has 0 aromatic carbocycles. The molecule has 3 heterocycles. The Labute approximate surface area is 112 Å². The Hall–Kier alpha value is -0.120. The molecule has 4 aliphatic rings. The van der Waals surface area contributed by atoms with Crippen molar-refractivity contribution in [1.29, 1.82) is 0 Å². The molecule has 1 aliphatic carbocycles. The van der Waals surface area contributed by atoms with E-state index in [1.807, 2.05) is 0 Å². The summed E-state index contributed by atoms with van der Waals surface area (Å²) in [5.41, 5.74) is 6.71. The molecule has 18 heavy (non-hydrogen) atoms. The molecule has 3 aliphatic heterocycles. The molecule has 4 fully saturated rings. The molecule has 4 atom stereocenters.